The zero-order chi connectivity index (χ0) is 38.2. The summed E-state index contributed by atoms with van der Waals surface area (Å²) < 4.78 is 26.4. The van der Waals surface area contributed by atoms with Gasteiger partial charge in [-0.15, -0.1) is 0 Å². The number of phosphoric ester groups is 1. The van der Waals surface area contributed by atoms with E-state index in [2.05, 4.69) is 67.0 Å². The van der Waals surface area contributed by atoms with Gasteiger partial charge in [0.05, 0.1) is 6.61 Å². The van der Waals surface area contributed by atoms with Crippen molar-refractivity contribution in [2.75, 3.05) is 13.2 Å². The maximum absolute atomic E-state index is 12.4. The van der Waals surface area contributed by atoms with Gasteiger partial charge in [-0.1, -0.05) is 152 Å². The van der Waals surface area contributed by atoms with Crippen LogP contribution in [0.2, 0.25) is 0 Å². The molecular formula is C43H77O8P. The van der Waals surface area contributed by atoms with Crippen LogP contribution in [-0.2, 0) is 28.2 Å². The molecule has 9 heteroatoms. The minimum atomic E-state index is -4.76. The molecule has 0 fully saturated rings. The molecule has 0 aromatic heterocycles. The van der Waals surface area contributed by atoms with Crippen LogP contribution in [0.25, 0.3) is 0 Å². The topological polar surface area (TPSA) is 119 Å². The van der Waals surface area contributed by atoms with Crippen molar-refractivity contribution in [2.45, 2.75) is 200 Å². The summed E-state index contributed by atoms with van der Waals surface area (Å²) in [5, 5.41) is 0. The molecule has 0 radical (unpaired) electrons. The highest BCUT2D eigenvalue weighted by atomic mass is 31.2. The summed E-state index contributed by atoms with van der Waals surface area (Å²) >= 11 is 0. The molecule has 0 aromatic rings. The van der Waals surface area contributed by atoms with E-state index >= 15 is 0 Å². The second kappa shape index (κ2) is 38.7. The van der Waals surface area contributed by atoms with Crippen molar-refractivity contribution in [1.29, 1.82) is 0 Å². The van der Waals surface area contributed by atoms with Crippen LogP contribution < -0.4 is 0 Å². The highest BCUT2D eigenvalue weighted by Crippen LogP contribution is 2.36. The van der Waals surface area contributed by atoms with Gasteiger partial charge in [0, 0.05) is 12.8 Å². The highest BCUT2D eigenvalue weighted by Gasteiger charge is 2.22. The predicted octanol–water partition coefficient (Wildman–Crippen LogP) is 12.7. The number of rotatable bonds is 38. The standard InChI is InChI=1S/C43H77O8P/c1-3-5-7-9-11-13-15-17-19-21-23-25-27-29-31-33-35-37-42(44)49-39-41(40-50-52(46,47)48)51-43(45)38-36-34-32-30-28-26-24-22-20-18-16-14-12-10-8-6-4-2/h11-14,17-20,41H,3-10,15-16,21-40H2,1-2H3,(H2,46,47,48)/b13-11-,14-12-,19-17-,20-18-/t41-/m1/s1. The van der Waals surface area contributed by atoms with Gasteiger partial charge in [0.25, 0.3) is 0 Å². The summed E-state index contributed by atoms with van der Waals surface area (Å²) in [6.07, 6.45) is 46.8. The molecule has 0 aromatic carbocycles. The van der Waals surface area contributed by atoms with Crippen molar-refractivity contribution in [3.8, 4) is 0 Å². The average molecular weight is 753 g/mol. The molecular weight excluding hydrogens is 675 g/mol. The van der Waals surface area contributed by atoms with E-state index in [1.54, 1.807) is 0 Å². The molecule has 0 aliphatic carbocycles. The minimum Gasteiger partial charge on any atom is -0.462 e. The van der Waals surface area contributed by atoms with E-state index < -0.39 is 32.5 Å². The maximum atomic E-state index is 12.4. The number of ether oxygens (including phenoxy) is 2. The van der Waals surface area contributed by atoms with Gasteiger partial charge in [-0.05, 0) is 77.0 Å². The highest BCUT2D eigenvalue weighted by molar-refractivity contribution is 7.46. The van der Waals surface area contributed by atoms with Gasteiger partial charge in [0.1, 0.15) is 6.61 Å². The quantitative estimate of drug-likeness (QED) is 0.0277. The van der Waals surface area contributed by atoms with E-state index in [1.165, 1.54) is 89.9 Å². The normalized spacial score (nSPS) is 12.9. The third-order valence-corrected chi connectivity index (χ3v) is 9.31. The van der Waals surface area contributed by atoms with Gasteiger partial charge in [-0.25, -0.2) is 4.57 Å². The molecule has 0 rings (SSSR count). The van der Waals surface area contributed by atoms with Crippen LogP contribution >= 0.6 is 7.82 Å². The molecule has 0 saturated heterocycles. The zero-order valence-electron chi connectivity index (χ0n) is 33.2. The molecule has 0 bridgehead atoms. The molecule has 0 aliphatic rings. The number of allylic oxidation sites excluding steroid dienone is 8. The Kier molecular flexibility index (Phi) is 37.2. The van der Waals surface area contributed by atoms with Gasteiger partial charge in [-0.2, -0.15) is 0 Å². The first-order chi connectivity index (χ1) is 25.3. The number of hydrogen-bond donors (Lipinski definition) is 2. The van der Waals surface area contributed by atoms with Gasteiger partial charge < -0.3 is 19.3 Å². The van der Waals surface area contributed by atoms with E-state index in [-0.39, 0.29) is 19.4 Å². The van der Waals surface area contributed by atoms with Gasteiger partial charge in [-0.3, -0.25) is 14.1 Å². The monoisotopic (exact) mass is 753 g/mol. The molecule has 0 unspecified atom stereocenters. The maximum Gasteiger partial charge on any atom is 0.469 e. The summed E-state index contributed by atoms with van der Waals surface area (Å²) in [6.45, 7) is 3.62. The van der Waals surface area contributed by atoms with Crippen molar-refractivity contribution >= 4 is 19.8 Å². The molecule has 0 spiro atoms. The van der Waals surface area contributed by atoms with Crippen molar-refractivity contribution in [3.63, 3.8) is 0 Å². The SMILES string of the molecule is CCCCC/C=C\C/C=C\CCCCCCCCCC(=O)OC[C@H](COP(=O)(O)O)OC(=O)CCCCCCCCC/C=C\C/C=C\CCCCC. The Labute approximate surface area is 318 Å². The van der Waals surface area contributed by atoms with Crippen molar-refractivity contribution in [3.05, 3.63) is 48.6 Å². The Bertz CT molecular complexity index is 984. The van der Waals surface area contributed by atoms with Crippen molar-refractivity contribution in [1.82, 2.24) is 0 Å². The molecule has 0 saturated carbocycles. The van der Waals surface area contributed by atoms with Crippen LogP contribution in [0.4, 0.5) is 0 Å². The first kappa shape index (κ1) is 50.0. The molecule has 1 atom stereocenters. The number of phosphoric acid groups is 1. The number of carbonyl (C=O) groups is 2. The van der Waals surface area contributed by atoms with Crippen LogP contribution in [0.15, 0.2) is 48.6 Å². The Morgan fingerprint density at radius 3 is 1.27 bits per heavy atom. The molecule has 0 aliphatic heterocycles. The summed E-state index contributed by atoms with van der Waals surface area (Å²) in [7, 11) is -4.76. The fourth-order valence-electron chi connectivity index (χ4n) is 5.67. The van der Waals surface area contributed by atoms with Crippen LogP contribution in [0.3, 0.4) is 0 Å². The van der Waals surface area contributed by atoms with Crippen LogP contribution in [0.1, 0.15) is 194 Å². The van der Waals surface area contributed by atoms with E-state index in [1.807, 2.05) is 0 Å². The molecule has 8 nitrogen and oxygen atoms in total. The number of esters is 2. The molecule has 2 N–H and O–H groups in total. The number of unbranched alkanes of at least 4 members (excludes halogenated alkanes) is 20. The van der Waals surface area contributed by atoms with E-state index in [9.17, 15) is 14.2 Å². The summed E-state index contributed by atoms with van der Waals surface area (Å²) in [4.78, 5) is 42.8. The second-order valence-electron chi connectivity index (χ2n) is 14.0. The fourth-order valence-corrected chi connectivity index (χ4v) is 6.03. The third kappa shape index (κ3) is 40.8. The predicted molar refractivity (Wildman–Crippen MR) is 216 cm³/mol. The van der Waals surface area contributed by atoms with E-state index in [0.717, 1.165) is 64.2 Å². The molecule has 0 heterocycles. The van der Waals surface area contributed by atoms with Gasteiger partial charge in [0.2, 0.25) is 0 Å². The van der Waals surface area contributed by atoms with Crippen LogP contribution in [-0.4, -0.2) is 41.0 Å². The van der Waals surface area contributed by atoms with Gasteiger partial charge in [0.15, 0.2) is 6.10 Å². The lowest BCUT2D eigenvalue weighted by molar-refractivity contribution is -0.161. The Morgan fingerprint density at radius 1 is 0.500 bits per heavy atom. The summed E-state index contributed by atoms with van der Waals surface area (Å²) in [5.74, 6) is -0.902. The van der Waals surface area contributed by atoms with Crippen molar-refractivity contribution in [2.24, 2.45) is 0 Å². The Hall–Kier alpha value is -1.99. The lowest BCUT2D eigenvalue weighted by Crippen LogP contribution is -2.29. The van der Waals surface area contributed by atoms with Crippen LogP contribution in [0.5, 0.6) is 0 Å². The van der Waals surface area contributed by atoms with Crippen molar-refractivity contribution < 1.29 is 37.9 Å². The third-order valence-electron chi connectivity index (χ3n) is 8.82. The van der Waals surface area contributed by atoms with Crippen LogP contribution in [0, 0.1) is 0 Å². The fraction of sp³-hybridized carbons (Fsp3) is 0.767. The molecule has 52 heavy (non-hydrogen) atoms. The number of carbonyl (C=O) groups excluding carboxylic acids is 2. The smallest absolute Gasteiger partial charge is 0.462 e. The molecule has 302 valence electrons. The number of hydrogen-bond acceptors (Lipinski definition) is 6. The first-order valence-corrected chi connectivity index (χ1v) is 22.5. The largest absolute Gasteiger partial charge is 0.469 e. The summed E-state index contributed by atoms with van der Waals surface area (Å²) in [6, 6.07) is 0. The first-order valence-electron chi connectivity index (χ1n) is 20.9. The Morgan fingerprint density at radius 2 is 0.865 bits per heavy atom. The Balaban J connectivity index is 3.95. The minimum absolute atomic E-state index is 0.200. The molecule has 0 amide bonds. The second-order valence-corrected chi connectivity index (χ2v) is 15.2. The lowest BCUT2D eigenvalue weighted by atomic mass is 10.1. The van der Waals surface area contributed by atoms with Gasteiger partial charge >= 0.3 is 19.8 Å². The lowest BCUT2D eigenvalue weighted by Gasteiger charge is -2.18. The summed E-state index contributed by atoms with van der Waals surface area (Å²) in [5.41, 5.74) is 0. The zero-order valence-corrected chi connectivity index (χ0v) is 34.1. The average Bonchev–Trinajstić information content (AvgIpc) is 3.11. The van der Waals surface area contributed by atoms with E-state index in [4.69, 9.17) is 19.3 Å². The van der Waals surface area contributed by atoms with E-state index in [0.29, 0.717) is 12.8 Å².